The number of nitrogen functional groups attached to an aromatic ring is 1. The molecular formula is C17H22N2O3. The summed E-state index contributed by atoms with van der Waals surface area (Å²) in [5.74, 6) is 0.652. The smallest absolute Gasteiger partial charge is 0.294 e. The first-order chi connectivity index (χ1) is 10.4. The van der Waals surface area contributed by atoms with Crippen molar-refractivity contribution < 1.29 is 9.47 Å². The van der Waals surface area contributed by atoms with Crippen molar-refractivity contribution in [2.24, 2.45) is 0 Å². The van der Waals surface area contributed by atoms with Gasteiger partial charge in [-0.15, -0.1) is 0 Å². The highest BCUT2D eigenvalue weighted by Gasteiger charge is 2.16. The van der Waals surface area contributed by atoms with E-state index in [1.54, 1.807) is 12.1 Å². The van der Waals surface area contributed by atoms with Gasteiger partial charge in [-0.1, -0.05) is 5.57 Å². The first-order valence-corrected chi connectivity index (χ1v) is 7.27. The third kappa shape index (κ3) is 3.61. The van der Waals surface area contributed by atoms with Gasteiger partial charge in [0.2, 0.25) is 5.75 Å². The van der Waals surface area contributed by atoms with Crippen LogP contribution in [0.15, 0.2) is 34.6 Å². The van der Waals surface area contributed by atoms with E-state index < -0.39 is 0 Å². The number of benzene rings is 1. The molecule has 5 heteroatoms. The molecule has 118 valence electrons. The van der Waals surface area contributed by atoms with E-state index >= 15 is 0 Å². The SMILES string of the molecule is CC(C)=CCOc1c(OC(C)C)c(=O)[nH]c2cc(N)ccc12. The second kappa shape index (κ2) is 6.56. The van der Waals surface area contributed by atoms with E-state index in [9.17, 15) is 4.79 Å². The molecule has 0 radical (unpaired) electrons. The van der Waals surface area contributed by atoms with Crippen LogP contribution < -0.4 is 20.8 Å². The fourth-order valence-corrected chi connectivity index (χ4v) is 2.05. The van der Waals surface area contributed by atoms with E-state index in [1.165, 1.54) is 0 Å². The molecule has 0 saturated heterocycles. The average Bonchev–Trinajstić information content (AvgIpc) is 2.41. The van der Waals surface area contributed by atoms with Crippen LogP contribution in [0.25, 0.3) is 10.9 Å². The van der Waals surface area contributed by atoms with Crippen LogP contribution in [0.4, 0.5) is 5.69 Å². The lowest BCUT2D eigenvalue weighted by Gasteiger charge is -2.16. The van der Waals surface area contributed by atoms with Gasteiger partial charge in [-0.2, -0.15) is 0 Å². The van der Waals surface area contributed by atoms with Crippen molar-refractivity contribution in [3.8, 4) is 11.5 Å². The number of H-pyrrole nitrogens is 1. The molecule has 0 aliphatic carbocycles. The Morgan fingerprint density at radius 2 is 2.05 bits per heavy atom. The molecule has 0 fully saturated rings. The normalized spacial score (nSPS) is 10.8. The zero-order chi connectivity index (χ0) is 16.3. The second-order valence-corrected chi connectivity index (χ2v) is 5.68. The summed E-state index contributed by atoms with van der Waals surface area (Å²) >= 11 is 0. The maximum atomic E-state index is 12.3. The van der Waals surface area contributed by atoms with Crippen molar-refractivity contribution in [2.75, 3.05) is 12.3 Å². The number of fused-ring (bicyclic) bond motifs is 1. The van der Waals surface area contributed by atoms with Crippen LogP contribution in [0.5, 0.6) is 11.5 Å². The van der Waals surface area contributed by atoms with Crippen molar-refractivity contribution in [3.05, 3.63) is 40.2 Å². The second-order valence-electron chi connectivity index (χ2n) is 5.68. The van der Waals surface area contributed by atoms with Crippen molar-refractivity contribution >= 4 is 16.6 Å². The molecule has 1 aromatic heterocycles. The van der Waals surface area contributed by atoms with Crippen LogP contribution >= 0.6 is 0 Å². The Hall–Kier alpha value is -2.43. The molecule has 3 N–H and O–H groups in total. The van der Waals surface area contributed by atoms with Gasteiger partial charge in [-0.3, -0.25) is 4.79 Å². The Balaban J connectivity index is 2.59. The fourth-order valence-electron chi connectivity index (χ4n) is 2.05. The van der Waals surface area contributed by atoms with E-state index in [4.69, 9.17) is 15.2 Å². The molecule has 0 spiro atoms. The molecule has 2 aromatic rings. The lowest BCUT2D eigenvalue weighted by molar-refractivity contribution is 0.224. The first-order valence-electron chi connectivity index (χ1n) is 7.27. The van der Waals surface area contributed by atoms with Crippen LogP contribution in [-0.2, 0) is 0 Å². The summed E-state index contributed by atoms with van der Waals surface area (Å²) in [6.07, 6.45) is 1.82. The molecule has 0 unspecified atom stereocenters. The standard InChI is InChI=1S/C17H22N2O3/c1-10(2)7-8-21-15-13-6-5-12(18)9-14(13)19-17(20)16(15)22-11(3)4/h5-7,9,11H,8,18H2,1-4H3,(H,19,20). The molecule has 0 saturated carbocycles. The number of pyridine rings is 1. The number of hydrogen-bond acceptors (Lipinski definition) is 4. The highest BCUT2D eigenvalue weighted by Crippen LogP contribution is 2.33. The Kier molecular flexibility index (Phi) is 4.75. The minimum atomic E-state index is -0.320. The minimum Gasteiger partial charge on any atom is -0.485 e. The van der Waals surface area contributed by atoms with Gasteiger partial charge in [0.1, 0.15) is 6.61 Å². The zero-order valence-electron chi connectivity index (χ0n) is 13.4. The summed E-state index contributed by atoms with van der Waals surface area (Å²) < 4.78 is 11.5. The van der Waals surface area contributed by atoms with Crippen molar-refractivity contribution in [1.82, 2.24) is 4.98 Å². The molecular weight excluding hydrogens is 280 g/mol. The molecule has 5 nitrogen and oxygen atoms in total. The van der Waals surface area contributed by atoms with Gasteiger partial charge >= 0.3 is 0 Å². The van der Waals surface area contributed by atoms with E-state index in [1.807, 2.05) is 39.8 Å². The zero-order valence-corrected chi connectivity index (χ0v) is 13.4. The van der Waals surface area contributed by atoms with Crippen LogP contribution in [0.1, 0.15) is 27.7 Å². The maximum absolute atomic E-state index is 12.3. The number of anilines is 1. The maximum Gasteiger partial charge on any atom is 0.294 e. The summed E-state index contributed by atoms with van der Waals surface area (Å²) in [5.41, 5.74) is 7.81. The molecule has 0 aliphatic rings. The van der Waals surface area contributed by atoms with Gasteiger partial charge < -0.3 is 20.2 Å². The molecule has 2 rings (SSSR count). The van der Waals surface area contributed by atoms with Crippen molar-refractivity contribution in [3.63, 3.8) is 0 Å². The van der Waals surface area contributed by atoms with Crippen LogP contribution in [0.3, 0.4) is 0 Å². The number of hydrogen-bond donors (Lipinski definition) is 2. The lowest BCUT2D eigenvalue weighted by Crippen LogP contribution is -2.18. The van der Waals surface area contributed by atoms with E-state index in [2.05, 4.69) is 4.98 Å². The number of aromatic amines is 1. The first kappa shape index (κ1) is 15.9. The van der Waals surface area contributed by atoms with Crippen LogP contribution in [0.2, 0.25) is 0 Å². The largest absolute Gasteiger partial charge is 0.485 e. The number of nitrogens with two attached hydrogens (primary N) is 1. The number of rotatable bonds is 5. The van der Waals surface area contributed by atoms with Gasteiger partial charge in [-0.25, -0.2) is 0 Å². The molecule has 22 heavy (non-hydrogen) atoms. The fraction of sp³-hybridized carbons (Fsp3) is 0.353. The topological polar surface area (TPSA) is 77.3 Å². The Morgan fingerprint density at radius 3 is 2.68 bits per heavy atom. The summed E-state index contributed by atoms with van der Waals surface area (Å²) in [6.45, 7) is 8.09. The van der Waals surface area contributed by atoms with E-state index in [0.29, 0.717) is 23.6 Å². The molecule has 0 amide bonds. The average molecular weight is 302 g/mol. The van der Waals surface area contributed by atoms with Gasteiger partial charge in [0.25, 0.3) is 5.56 Å². The molecule has 0 atom stereocenters. The monoisotopic (exact) mass is 302 g/mol. The predicted octanol–water partition coefficient (Wildman–Crippen LogP) is 3.24. The van der Waals surface area contributed by atoms with Gasteiger partial charge in [0.05, 0.1) is 11.6 Å². The molecule has 0 aliphatic heterocycles. The van der Waals surface area contributed by atoms with Gasteiger partial charge in [-0.05, 0) is 52.0 Å². The predicted molar refractivity (Wildman–Crippen MR) is 89.7 cm³/mol. The van der Waals surface area contributed by atoms with Gasteiger partial charge in [0.15, 0.2) is 5.75 Å². The number of allylic oxidation sites excluding steroid dienone is 1. The Morgan fingerprint density at radius 1 is 1.32 bits per heavy atom. The Labute approximate surface area is 129 Å². The summed E-state index contributed by atoms with van der Waals surface area (Å²) in [4.78, 5) is 15.1. The molecule has 0 bridgehead atoms. The molecule has 1 aromatic carbocycles. The van der Waals surface area contributed by atoms with Crippen molar-refractivity contribution in [2.45, 2.75) is 33.8 Å². The van der Waals surface area contributed by atoms with Crippen molar-refractivity contribution in [1.29, 1.82) is 0 Å². The number of nitrogens with one attached hydrogen (secondary N) is 1. The highest BCUT2D eigenvalue weighted by atomic mass is 16.5. The molecule has 1 heterocycles. The van der Waals surface area contributed by atoms with Gasteiger partial charge in [0, 0.05) is 11.1 Å². The lowest BCUT2D eigenvalue weighted by atomic mass is 10.1. The summed E-state index contributed by atoms with van der Waals surface area (Å²) in [5, 5.41) is 0.770. The number of ether oxygens (including phenoxy) is 2. The third-order valence-electron chi connectivity index (χ3n) is 3.02. The van der Waals surface area contributed by atoms with Crippen LogP contribution in [-0.4, -0.2) is 17.7 Å². The van der Waals surface area contributed by atoms with E-state index in [-0.39, 0.29) is 17.4 Å². The quantitative estimate of drug-likeness (QED) is 0.656. The summed E-state index contributed by atoms with van der Waals surface area (Å²) in [7, 11) is 0. The minimum absolute atomic E-state index is 0.127. The summed E-state index contributed by atoms with van der Waals surface area (Å²) in [6, 6.07) is 5.31. The van der Waals surface area contributed by atoms with Crippen LogP contribution in [0, 0.1) is 0 Å². The Bertz CT molecular complexity index is 756. The third-order valence-corrected chi connectivity index (χ3v) is 3.02. The highest BCUT2D eigenvalue weighted by molar-refractivity contribution is 5.89. The van der Waals surface area contributed by atoms with E-state index in [0.717, 1.165) is 11.0 Å². The number of aromatic nitrogens is 1.